The van der Waals surface area contributed by atoms with Crippen LogP contribution in [-0.2, 0) is 9.53 Å². The third kappa shape index (κ3) is 5.03. The Bertz CT molecular complexity index is 468. The number of carbonyl (C=O) groups is 1. The number of esters is 1. The lowest BCUT2D eigenvalue weighted by atomic mass is 9.80. The molecule has 0 aromatic rings. The molecule has 2 saturated carbocycles. The van der Waals surface area contributed by atoms with Crippen LogP contribution in [0.5, 0.6) is 0 Å². The third-order valence-corrected chi connectivity index (χ3v) is 5.34. The first-order valence-corrected chi connectivity index (χ1v) is 9.04. The fraction of sp³-hybridized carbons (Fsp3) is 0.789. The van der Waals surface area contributed by atoms with Gasteiger partial charge in [-0.25, -0.2) is 8.78 Å². The van der Waals surface area contributed by atoms with Crippen molar-refractivity contribution >= 4 is 5.97 Å². The average molecular weight is 339 g/mol. The van der Waals surface area contributed by atoms with Gasteiger partial charge in [-0.05, 0) is 51.4 Å². The van der Waals surface area contributed by atoms with Gasteiger partial charge in [0.25, 0.3) is 0 Å². The van der Waals surface area contributed by atoms with Crippen LogP contribution in [0.1, 0.15) is 58.3 Å². The number of alkyl halides is 2. The van der Waals surface area contributed by atoms with Crippen LogP contribution in [0.3, 0.4) is 0 Å². The minimum Gasteiger partial charge on any atom is -0.462 e. The molecule has 3 nitrogen and oxygen atoms in total. The van der Waals surface area contributed by atoms with Gasteiger partial charge in [0.1, 0.15) is 24.4 Å². The molecule has 0 amide bonds. The van der Waals surface area contributed by atoms with Gasteiger partial charge >= 0.3 is 5.97 Å². The number of ether oxygens (including phenoxy) is 1. The van der Waals surface area contributed by atoms with Gasteiger partial charge < -0.3 is 4.74 Å². The van der Waals surface area contributed by atoms with Gasteiger partial charge in [-0.15, -0.1) is 0 Å². The predicted molar refractivity (Wildman–Crippen MR) is 87.5 cm³/mol. The summed E-state index contributed by atoms with van der Waals surface area (Å²) in [5, 5.41) is 8.76. The van der Waals surface area contributed by atoms with Crippen LogP contribution in [0, 0.1) is 29.1 Å². The van der Waals surface area contributed by atoms with Crippen molar-refractivity contribution in [3.05, 3.63) is 12.2 Å². The number of hydrogen-bond donors (Lipinski definition) is 0. The summed E-state index contributed by atoms with van der Waals surface area (Å²) in [7, 11) is 0. The minimum absolute atomic E-state index is 0.0664. The molecule has 24 heavy (non-hydrogen) atoms. The van der Waals surface area contributed by atoms with Crippen molar-refractivity contribution in [3.8, 4) is 6.07 Å². The van der Waals surface area contributed by atoms with Crippen LogP contribution >= 0.6 is 0 Å². The molecule has 0 heterocycles. The Morgan fingerprint density at radius 3 is 2.38 bits per heavy atom. The maximum absolute atomic E-state index is 13.8. The summed E-state index contributed by atoms with van der Waals surface area (Å²) in [6, 6.07) is 1.67. The molecule has 0 aromatic heterocycles. The third-order valence-electron chi connectivity index (χ3n) is 5.34. The lowest BCUT2D eigenvalue weighted by molar-refractivity contribution is -0.160. The van der Waals surface area contributed by atoms with Gasteiger partial charge in [0.05, 0.1) is 12.0 Å². The van der Waals surface area contributed by atoms with E-state index >= 15 is 0 Å². The second-order valence-electron chi connectivity index (χ2n) is 7.08. The van der Waals surface area contributed by atoms with Crippen molar-refractivity contribution in [2.45, 2.75) is 76.7 Å². The topological polar surface area (TPSA) is 50.1 Å². The van der Waals surface area contributed by atoms with Gasteiger partial charge in [0.2, 0.25) is 0 Å². The van der Waals surface area contributed by atoms with Crippen LogP contribution in [0.2, 0.25) is 0 Å². The highest BCUT2D eigenvalue weighted by molar-refractivity contribution is 5.72. The Balaban J connectivity index is 1.75. The molecule has 0 aromatic carbocycles. The summed E-state index contributed by atoms with van der Waals surface area (Å²) in [4.78, 5) is 12.3. The molecule has 5 heteroatoms. The quantitative estimate of drug-likeness (QED) is 0.540. The van der Waals surface area contributed by atoms with Crippen molar-refractivity contribution in [3.63, 3.8) is 0 Å². The fourth-order valence-electron chi connectivity index (χ4n) is 3.82. The molecule has 0 saturated heterocycles. The molecular formula is C19H27F2NO2. The number of halogens is 2. The molecular weight excluding hydrogens is 312 g/mol. The summed E-state index contributed by atoms with van der Waals surface area (Å²) >= 11 is 0. The number of nitrogens with zero attached hydrogens (tertiary/aromatic N) is 1. The van der Waals surface area contributed by atoms with E-state index in [-0.39, 0.29) is 24.7 Å². The van der Waals surface area contributed by atoms with E-state index in [9.17, 15) is 13.6 Å². The Morgan fingerprint density at radius 1 is 1.21 bits per heavy atom. The van der Waals surface area contributed by atoms with E-state index in [1.807, 2.05) is 6.92 Å². The summed E-state index contributed by atoms with van der Waals surface area (Å²) < 4.78 is 32.9. The molecule has 0 bridgehead atoms. The summed E-state index contributed by atoms with van der Waals surface area (Å²) in [5.74, 6) is -1.04. The van der Waals surface area contributed by atoms with E-state index in [4.69, 9.17) is 10.00 Å². The Hall–Kier alpha value is -1.44. The zero-order valence-electron chi connectivity index (χ0n) is 14.3. The maximum atomic E-state index is 13.8. The maximum Gasteiger partial charge on any atom is 0.309 e. The number of hydrogen-bond acceptors (Lipinski definition) is 3. The number of nitriles is 1. The van der Waals surface area contributed by atoms with Gasteiger partial charge in [0.15, 0.2) is 0 Å². The van der Waals surface area contributed by atoms with Gasteiger partial charge in [0, 0.05) is 12.8 Å². The summed E-state index contributed by atoms with van der Waals surface area (Å²) in [6.07, 6.45) is 6.08. The highest BCUT2D eigenvalue weighted by atomic mass is 19.1. The van der Waals surface area contributed by atoms with Crippen molar-refractivity contribution < 1.29 is 18.3 Å². The van der Waals surface area contributed by atoms with E-state index in [0.717, 1.165) is 38.5 Å². The summed E-state index contributed by atoms with van der Waals surface area (Å²) in [6.45, 7) is 2.01. The highest BCUT2D eigenvalue weighted by Gasteiger charge is 2.41. The molecule has 2 fully saturated rings. The van der Waals surface area contributed by atoms with Gasteiger partial charge in [-0.2, -0.15) is 5.26 Å². The average Bonchev–Trinajstić information content (AvgIpc) is 2.55. The first-order chi connectivity index (χ1) is 11.5. The smallest absolute Gasteiger partial charge is 0.309 e. The van der Waals surface area contributed by atoms with Crippen molar-refractivity contribution in [1.82, 2.24) is 0 Å². The molecule has 0 spiro atoms. The van der Waals surface area contributed by atoms with E-state index in [1.54, 1.807) is 6.07 Å². The lowest BCUT2D eigenvalue weighted by Crippen LogP contribution is -2.40. The highest BCUT2D eigenvalue weighted by Crippen LogP contribution is 2.35. The minimum atomic E-state index is -1.56. The zero-order valence-corrected chi connectivity index (χ0v) is 14.3. The van der Waals surface area contributed by atoms with Crippen molar-refractivity contribution in [2.24, 2.45) is 17.8 Å². The molecule has 0 N–H and O–H groups in total. The van der Waals surface area contributed by atoms with E-state index in [1.165, 1.54) is 0 Å². The largest absolute Gasteiger partial charge is 0.462 e. The molecule has 2 aliphatic rings. The van der Waals surface area contributed by atoms with Crippen molar-refractivity contribution in [1.29, 1.82) is 5.26 Å². The molecule has 0 aliphatic heterocycles. The van der Waals surface area contributed by atoms with Crippen molar-refractivity contribution in [2.75, 3.05) is 0 Å². The summed E-state index contributed by atoms with van der Waals surface area (Å²) in [5.41, 5.74) is 0. The van der Waals surface area contributed by atoms with E-state index in [2.05, 4.69) is 12.2 Å². The normalized spacial score (nSPS) is 37.1. The van der Waals surface area contributed by atoms with Gasteiger partial charge in [-0.3, -0.25) is 4.79 Å². The standard InChI is InChI=1S/C19H27F2NO2/c1-2-3-4-5-13-6-8-14(9-7-13)19(23)24-15-10-17(20)16(12-22)18(21)11-15/h2-3,13-18H,4-11H2,1H3/b3-2+. The SMILES string of the molecule is C/C=C/CCC1CCC(C(=O)OC2CC(F)C(C#N)C(F)C2)CC1. The monoisotopic (exact) mass is 339 g/mol. The first kappa shape index (κ1) is 18.9. The van der Waals surface area contributed by atoms with Crippen LogP contribution in [0.4, 0.5) is 8.78 Å². The molecule has 2 unspecified atom stereocenters. The Morgan fingerprint density at radius 2 is 1.83 bits per heavy atom. The zero-order chi connectivity index (χ0) is 17.5. The Kier molecular flexibility index (Phi) is 7.20. The van der Waals surface area contributed by atoms with Gasteiger partial charge in [-0.1, -0.05) is 12.2 Å². The van der Waals surface area contributed by atoms with Crippen LogP contribution < -0.4 is 0 Å². The molecule has 2 rings (SSSR count). The predicted octanol–water partition coefficient (Wildman–Crippen LogP) is 4.67. The first-order valence-electron chi connectivity index (χ1n) is 9.04. The molecule has 2 atom stereocenters. The van der Waals surface area contributed by atoms with Crippen LogP contribution in [0.25, 0.3) is 0 Å². The molecule has 2 aliphatic carbocycles. The number of carbonyl (C=O) groups excluding carboxylic acids is 1. The number of rotatable bonds is 5. The second kappa shape index (κ2) is 9.15. The fourth-order valence-corrected chi connectivity index (χ4v) is 3.82. The molecule has 0 radical (unpaired) electrons. The lowest BCUT2D eigenvalue weighted by Gasteiger charge is -2.33. The van der Waals surface area contributed by atoms with Crippen LogP contribution in [0.15, 0.2) is 12.2 Å². The van der Waals surface area contributed by atoms with E-state index < -0.39 is 24.4 Å². The van der Waals surface area contributed by atoms with E-state index in [0.29, 0.717) is 5.92 Å². The Labute approximate surface area is 143 Å². The second-order valence-corrected chi connectivity index (χ2v) is 7.08. The number of allylic oxidation sites excluding steroid dienone is 2. The molecule has 134 valence electrons. The van der Waals surface area contributed by atoms with Crippen LogP contribution in [-0.4, -0.2) is 24.4 Å².